The topological polar surface area (TPSA) is 114 Å². The minimum absolute atomic E-state index is 0.258. The van der Waals surface area contributed by atoms with E-state index in [4.69, 9.17) is 29.2 Å². The third-order valence-corrected chi connectivity index (χ3v) is 7.06. The third-order valence-electron chi connectivity index (χ3n) is 5.91. The Balaban J connectivity index is 2.74. The highest BCUT2D eigenvalue weighted by atomic mass is 32.2. The van der Waals surface area contributed by atoms with E-state index in [1.54, 1.807) is 38.1 Å². The van der Waals surface area contributed by atoms with E-state index >= 15 is 0 Å². The minimum atomic E-state index is -1.50. The van der Waals surface area contributed by atoms with Gasteiger partial charge in [-0.15, -0.1) is 0 Å². The molecular formula is C32H48O9S. The van der Waals surface area contributed by atoms with Gasteiger partial charge < -0.3 is 23.7 Å². The van der Waals surface area contributed by atoms with Gasteiger partial charge in [0, 0.05) is 10.4 Å². The molecule has 2 rings (SSSR count). The van der Waals surface area contributed by atoms with Crippen LogP contribution >= 0.6 is 11.8 Å². The molecule has 1 saturated heterocycles. The van der Waals surface area contributed by atoms with Crippen LogP contribution in [-0.4, -0.2) is 60.3 Å². The molecule has 5 atom stereocenters. The Morgan fingerprint density at radius 3 is 1.60 bits per heavy atom. The van der Waals surface area contributed by atoms with E-state index in [9.17, 15) is 19.2 Å². The van der Waals surface area contributed by atoms with Crippen molar-refractivity contribution < 1.29 is 48.3 Å². The summed E-state index contributed by atoms with van der Waals surface area (Å²) < 4.78 is 61.2. The van der Waals surface area contributed by atoms with Gasteiger partial charge in [0.2, 0.25) is 0 Å². The van der Waals surface area contributed by atoms with Gasteiger partial charge >= 0.3 is 23.9 Å². The molecule has 1 aliphatic rings. The molecule has 0 aliphatic carbocycles. The second-order valence-corrected chi connectivity index (χ2v) is 14.4. The van der Waals surface area contributed by atoms with Crippen LogP contribution in [0, 0.1) is 21.7 Å². The molecule has 0 radical (unpaired) electrons. The maximum Gasteiger partial charge on any atom is 0.311 e. The van der Waals surface area contributed by atoms with Crippen molar-refractivity contribution in [2.75, 3.05) is 6.61 Å². The molecular weight excluding hydrogens is 560 g/mol. The fourth-order valence-electron chi connectivity index (χ4n) is 3.34. The summed E-state index contributed by atoms with van der Waals surface area (Å²) in [6.07, 6.45) is -5.62. The maximum absolute atomic E-state index is 13.5. The predicted molar refractivity (Wildman–Crippen MR) is 159 cm³/mol. The number of esters is 4. The summed E-state index contributed by atoms with van der Waals surface area (Å²) in [5, 5.41) is 0. The zero-order valence-electron chi connectivity index (χ0n) is 29.9. The molecule has 10 heteroatoms. The normalized spacial score (nSPS) is 24.7. The highest BCUT2D eigenvalue weighted by Crippen LogP contribution is 2.39. The van der Waals surface area contributed by atoms with Gasteiger partial charge in [-0.1, -0.05) is 30.0 Å². The molecule has 0 amide bonds. The highest BCUT2D eigenvalue weighted by molar-refractivity contribution is 7.99. The van der Waals surface area contributed by atoms with Gasteiger partial charge in [0.1, 0.15) is 18.1 Å². The Bertz CT molecular complexity index is 1210. The molecule has 1 aromatic rings. The molecule has 1 fully saturated rings. The first-order chi connectivity index (χ1) is 21.3. The lowest BCUT2D eigenvalue weighted by molar-refractivity contribution is -0.246. The van der Waals surface area contributed by atoms with Gasteiger partial charge in [-0.3, -0.25) is 19.2 Å². The predicted octanol–water partition coefficient (Wildman–Crippen LogP) is 5.97. The molecule has 0 bridgehead atoms. The van der Waals surface area contributed by atoms with Crippen molar-refractivity contribution >= 4 is 35.6 Å². The lowest BCUT2D eigenvalue weighted by atomic mass is 9.93. The Kier molecular flexibility index (Phi) is 9.38. The van der Waals surface area contributed by atoms with E-state index in [2.05, 4.69) is 0 Å². The lowest BCUT2D eigenvalue weighted by Gasteiger charge is -2.46. The third kappa shape index (κ3) is 10.0. The second kappa shape index (κ2) is 13.4. The van der Waals surface area contributed by atoms with Crippen LogP contribution in [0.4, 0.5) is 0 Å². The summed E-state index contributed by atoms with van der Waals surface area (Å²) in [7, 11) is 0. The summed E-state index contributed by atoms with van der Waals surface area (Å²) in [5.41, 5.74) is -6.10. The zero-order chi connectivity index (χ0) is 35.1. The maximum atomic E-state index is 13.5. The lowest BCUT2D eigenvalue weighted by Crippen LogP contribution is -2.63. The largest absolute Gasteiger partial charge is 0.462 e. The Hall–Kier alpha value is -2.59. The van der Waals surface area contributed by atoms with E-state index < -0.39 is 82.0 Å². The monoisotopic (exact) mass is 612 g/mol. The Morgan fingerprint density at radius 2 is 1.12 bits per heavy atom. The molecule has 1 heterocycles. The molecule has 0 spiro atoms. The molecule has 0 aromatic heterocycles. The van der Waals surface area contributed by atoms with E-state index in [1.807, 2.05) is 6.07 Å². The number of ether oxygens (including phenoxy) is 5. The van der Waals surface area contributed by atoms with Crippen molar-refractivity contribution in [1.29, 1.82) is 0 Å². The molecule has 1 aliphatic heterocycles. The van der Waals surface area contributed by atoms with Crippen molar-refractivity contribution in [2.24, 2.45) is 21.7 Å². The van der Waals surface area contributed by atoms with E-state index in [0.29, 0.717) is 4.90 Å². The van der Waals surface area contributed by atoms with Gasteiger partial charge in [-0.2, -0.15) is 0 Å². The number of hydrogen-bond acceptors (Lipinski definition) is 10. The van der Waals surface area contributed by atoms with Crippen molar-refractivity contribution in [2.45, 2.75) is 118 Å². The van der Waals surface area contributed by atoms with E-state index in [-0.39, 0.29) is 27.6 Å². The van der Waals surface area contributed by atoms with Crippen LogP contribution in [0.2, 0.25) is 0 Å². The van der Waals surface area contributed by atoms with Crippen LogP contribution in [0.5, 0.6) is 0 Å². The number of hydrogen-bond donors (Lipinski definition) is 0. The average molecular weight is 613 g/mol. The fourth-order valence-corrected chi connectivity index (χ4v) is 4.47. The second-order valence-electron chi connectivity index (χ2n) is 13.2. The van der Waals surface area contributed by atoms with Gasteiger partial charge in [0.25, 0.3) is 0 Å². The van der Waals surface area contributed by atoms with Crippen molar-refractivity contribution in [3.8, 4) is 0 Å². The summed E-state index contributed by atoms with van der Waals surface area (Å²) in [4.78, 5) is 53.9. The molecule has 236 valence electrons. The summed E-state index contributed by atoms with van der Waals surface area (Å²) in [6, 6.07) is 8.98. The number of carbonyl (C=O) groups excluding carboxylic acids is 4. The first-order valence-corrected chi connectivity index (χ1v) is 14.5. The number of carbonyl (C=O) groups is 4. The van der Waals surface area contributed by atoms with Crippen molar-refractivity contribution in [1.82, 2.24) is 0 Å². The van der Waals surface area contributed by atoms with Gasteiger partial charge in [0.15, 0.2) is 18.3 Å². The molecule has 42 heavy (non-hydrogen) atoms. The van der Waals surface area contributed by atoms with Crippen LogP contribution in [0.1, 0.15) is 88.5 Å². The van der Waals surface area contributed by atoms with Gasteiger partial charge in [0.05, 0.1) is 21.7 Å². The number of benzene rings is 1. The molecule has 0 N–H and O–H groups in total. The SMILES string of the molecule is [2H]CC(C)(C)C(=O)OC[C@H]1OC(Sc2ccccc2)[C@H](OC(=O)C(C)(C)C[2H])[C@@H](OC(=O)C(C)(C)C[2H])[C@H]1OC(=O)C(C)(C)C[2H]. The Labute approximate surface area is 260 Å². The number of rotatable bonds is 7. The molecule has 0 saturated carbocycles. The van der Waals surface area contributed by atoms with Crippen LogP contribution < -0.4 is 0 Å². The quantitative estimate of drug-likeness (QED) is 0.270. The molecule has 1 aromatic carbocycles. The first-order valence-electron chi connectivity index (χ1n) is 16.4. The number of thioether (sulfide) groups is 1. The van der Waals surface area contributed by atoms with Crippen LogP contribution in [0.15, 0.2) is 35.2 Å². The van der Waals surface area contributed by atoms with Crippen molar-refractivity contribution in [3.63, 3.8) is 0 Å². The molecule has 9 nitrogen and oxygen atoms in total. The fraction of sp³-hybridized carbons (Fsp3) is 0.688. The van der Waals surface area contributed by atoms with Crippen molar-refractivity contribution in [3.05, 3.63) is 30.3 Å². The molecule has 1 unspecified atom stereocenters. The Morgan fingerprint density at radius 1 is 0.690 bits per heavy atom. The van der Waals surface area contributed by atoms with Gasteiger partial charge in [-0.25, -0.2) is 0 Å². The van der Waals surface area contributed by atoms with Crippen LogP contribution in [0.25, 0.3) is 0 Å². The van der Waals surface area contributed by atoms with Crippen LogP contribution in [0.3, 0.4) is 0 Å². The highest BCUT2D eigenvalue weighted by Gasteiger charge is 2.54. The van der Waals surface area contributed by atoms with E-state index in [1.165, 1.54) is 41.5 Å². The summed E-state index contributed by atoms with van der Waals surface area (Å²) >= 11 is 1.14. The minimum Gasteiger partial charge on any atom is -0.462 e. The standard InChI is InChI=1S/C32H48O9S/c1-29(2,3)25(33)37-18-20-21(39-26(34)30(4,5)6)22(40-27(35)31(7,8)9)23(41-28(36)32(10,11)12)24(38-20)42-19-16-14-13-15-17-19/h13-17,20-24H,18H2,1-12H3/t20-,21+,22+,23-,24?/m1/s1/i1D,4D,7D,10D. The average Bonchev–Trinajstić information content (AvgIpc) is 3.02. The summed E-state index contributed by atoms with van der Waals surface area (Å²) in [6.45, 7) is 10.5. The van der Waals surface area contributed by atoms with Crippen LogP contribution in [-0.2, 0) is 42.9 Å². The zero-order valence-corrected chi connectivity index (χ0v) is 26.7. The summed E-state index contributed by atoms with van der Waals surface area (Å²) in [5.74, 6) is -3.14. The van der Waals surface area contributed by atoms with E-state index in [0.717, 1.165) is 11.8 Å². The van der Waals surface area contributed by atoms with Gasteiger partial charge in [-0.05, 0) is 95.1 Å². The smallest absolute Gasteiger partial charge is 0.311 e. The first kappa shape index (κ1) is 29.5.